The Kier molecular flexibility index (Phi) is 5.58. The molecule has 6 heteroatoms. The topological polar surface area (TPSA) is 90.6 Å². The first-order valence-electron chi connectivity index (χ1n) is 6.72. The summed E-state index contributed by atoms with van der Waals surface area (Å²) in [6, 6.07) is 6.32. The Labute approximate surface area is 124 Å². The van der Waals surface area contributed by atoms with Gasteiger partial charge in [0.2, 0.25) is 0 Å². The van der Waals surface area contributed by atoms with Crippen molar-refractivity contribution in [3.63, 3.8) is 0 Å². The number of amides is 1. The van der Waals surface area contributed by atoms with Crippen molar-refractivity contribution < 1.29 is 19.1 Å². The van der Waals surface area contributed by atoms with Crippen LogP contribution in [0.4, 0.5) is 10.5 Å². The number of nitrogens with two attached hydrogens (primary N) is 1. The van der Waals surface area contributed by atoms with Crippen LogP contribution in [0.25, 0.3) is 0 Å². The molecule has 0 heterocycles. The van der Waals surface area contributed by atoms with Gasteiger partial charge in [0.1, 0.15) is 5.60 Å². The van der Waals surface area contributed by atoms with Gasteiger partial charge in [0, 0.05) is 6.04 Å². The highest BCUT2D eigenvalue weighted by Gasteiger charge is 2.19. The van der Waals surface area contributed by atoms with E-state index in [1.807, 2.05) is 0 Å². The number of nitrogens with one attached hydrogen (secondary N) is 1. The Balaban J connectivity index is 2.44. The molecule has 1 aromatic rings. The fourth-order valence-corrected chi connectivity index (χ4v) is 1.55. The molecule has 0 fully saturated rings. The molecule has 0 aromatic heterocycles. The number of benzene rings is 1. The first-order valence-corrected chi connectivity index (χ1v) is 6.72. The minimum absolute atomic E-state index is 0.0214. The molecule has 0 saturated carbocycles. The van der Waals surface area contributed by atoms with E-state index in [0.717, 1.165) is 0 Å². The van der Waals surface area contributed by atoms with Crippen LogP contribution in [-0.2, 0) is 9.53 Å². The van der Waals surface area contributed by atoms with Crippen molar-refractivity contribution in [3.8, 4) is 5.75 Å². The summed E-state index contributed by atoms with van der Waals surface area (Å²) in [6.45, 7) is 7.00. The number of nitrogen functional groups attached to an aromatic ring is 1. The minimum atomic E-state index is -0.581. The van der Waals surface area contributed by atoms with Gasteiger partial charge in [-0.3, -0.25) is 4.79 Å². The van der Waals surface area contributed by atoms with Crippen molar-refractivity contribution in [2.75, 3.05) is 5.73 Å². The molecule has 6 nitrogen and oxygen atoms in total. The summed E-state index contributed by atoms with van der Waals surface area (Å²) in [4.78, 5) is 23.3. The number of ether oxygens (including phenoxy) is 2. The van der Waals surface area contributed by atoms with Gasteiger partial charge in [-0.05, 0) is 39.8 Å². The van der Waals surface area contributed by atoms with Crippen LogP contribution in [0.3, 0.4) is 0 Å². The maximum atomic E-state index is 11.8. The lowest BCUT2D eigenvalue weighted by molar-refractivity contribution is -0.134. The number of hydrogen-bond donors (Lipinski definition) is 2. The molecule has 1 unspecified atom stereocenters. The molecule has 1 aromatic carbocycles. The molecular weight excluding hydrogens is 272 g/mol. The SMILES string of the molecule is CC(CC(=O)Oc1ccccc1N)NC(=O)OC(C)(C)C. The van der Waals surface area contributed by atoms with Gasteiger partial charge in [0.15, 0.2) is 5.75 Å². The fourth-order valence-electron chi connectivity index (χ4n) is 1.55. The molecule has 21 heavy (non-hydrogen) atoms. The van der Waals surface area contributed by atoms with Gasteiger partial charge in [0.05, 0.1) is 12.1 Å². The van der Waals surface area contributed by atoms with Crippen LogP contribution in [0.15, 0.2) is 24.3 Å². The van der Waals surface area contributed by atoms with Crippen molar-refractivity contribution in [3.05, 3.63) is 24.3 Å². The zero-order valence-corrected chi connectivity index (χ0v) is 12.8. The van der Waals surface area contributed by atoms with Gasteiger partial charge in [-0.25, -0.2) is 4.79 Å². The van der Waals surface area contributed by atoms with Crippen molar-refractivity contribution in [1.82, 2.24) is 5.32 Å². The van der Waals surface area contributed by atoms with Crippen LogP contribution in [0.1, 0.15) is 34.1 Å². The smallest absolute Gasteiger partial charge is 0.407 e. The number of carbonyl (C=O) groups excluding carboxylic acids is 2. The summed E-state index contributed by atoms with van der Waals surface area (Å²) in [5.74, 6) is -0.163. The fraction of sp³-hybridized carbons (Fsp3) is 0.467. The van der Waals surface area contributed by atoms with Crippen LogP contribution < -0.4 is 15.8 Å². The van der Waals surface area contributed by atoms with Crippen molar-refractivity contribution >= 4 is 17.7 Å². The quantitative estimate of drug-likeness (QED) is 0.506. The van der Waals surface area contributed by atoms with E-state index in [4.69, 9.17) is 15.2 Å². The first kappa shape index (κ1) is 16.8. The second-order valence-corrected chi connectivity index (χ2v) is 5.76. The summed E-state index contributed by atoms with van der Waals surface area (Å²) in [7, 11) is 0. The van der Waals surface area contributed by atoms with Gasteiger partial charge in [0.25, 0.3) is 0 Å². The predicted molar refractivity (Wildman–Crippen MR) is 79.9 cm³/mol. The highest BCUT2D eigenvalue weighted by Crippen LogP contribution is 2.20. The number of para-hydroxylation sites is 2. The zero-order chi connectivity index (χ0) is 16.0. The molecule has 0 aliphatic heterocycles. The molecular formula is C15H22N2O4. The standard InChI is InChI=1S/C15H22N2O4/c1-10(17-14(19)21-15(2,3)4)9-13(18)20-12-8-6-5-7-11(12)16/h5-8,10H,9,16H2,1-4H3,(H,17,19). The van der Waals surface area contributed by atoms with Crippen LogP contribution in [0.2, 0.25) is 0 Å². The molecule has 0 bridgehead atoms. The highest BCUT2D eigenvalue weighted by molar-refractivity contribution is 5.76. The molecule has 1 atom stereocenters. The number of carbonyl (C=O) groups is 2. The number of anilines is 1. The normalized spacial score (nSPS) is 12.4. The molecule has 3 N–H and O–H groups in total. The summed E-state index contributed by atoms with van der Waals surface area (Å²) in [5.41, 5.74) is 5.49. The number of alkyl carbamates (subject to hydrolysis) is 1. The van der Waals surface area contributed by atoms with E-state index in [2.05, 4.69) is 5.32 Å². The maximum absolute atomic E-state index is 11.8. The highest BCUT2D eigenvalue weighted by atomic mass is 16.6. The molecule has 0 spiro atoms. The van der Waals surface area contributed by atoms with E-state index in [1.54, 1.807) is 52.0 Å². The summed E-state index contributed by atoms with van der Waals surface area (Å²) >= 11 is 0. The predicted octanol–water partition coefficient (Wildman–Crippen LogP) is 2.48. The van der Waals surface area contributed by atoms with Crippen LogP contribution in [-0.4, -0.2) is 23.7 Å². The van der Waals surface area contributed by atoms with E-state index in [1.165, 1.54) is 0 Å². The second-order valence-electron chi connectivity index (χ2n) is 5.76. The van der Waals surface area contributed by atoms with Crippen molar-refractivity contribution in [2.24, 2.45) is 0 Å². The molecule has 1 rings (SSSR count). The summed E-state index contributed by atoms with van der Waals surface area (Å²) in [5, 5.41) is 2.57. The zero-order valence-electron chi connectivity index (χ0n) is 12.8. The summed E-state index contributed by atoms with van der Waals surface area (Å²) in [6.07, 6.45) is -0.546. The Hall–Kier alpha value is -2.24. The monoisotopic (exact) mass is 294 g/mol. The van der Waals surface area contributed by atoms with Crippen LogP contribution in [0, 0.1) is 0 Å². The Bertz CT molecular complexity index is 509. The molecule has 0 aliphatic carbocycles. The molecule has 0 aliphatic rings. The average Bonchev–Trinajstić information content (AvgIpc) is 2.28. The van der Waals surface area contributed by atoms with Crippen LogP contribution in [0.5, 0.6) is 5.75 Å². The van der Waals surface area contributed by atoms with Gasteiger partial charge >= 0.3 is 12.1 Å². The van der Waals surface area contributed by atoms with E-state index in [0.29, 0.717) is 11.4 Å². The lowest BCUT2D eigenvalue weighted by Gasteiger charge is -2.21. The average molecular weight is 294 g/mol. The Morgan fingerprint density at radius 3 is 2.48 bits per heavy atom. The molecule has 0 radical (unpaired) electrons. The minimum Gasteiger partial charge on any atom is -0.444 e. The molecule has 116 valence electrons. The third-order valence-electron chi connectivity index (χ3n) is 2.38. The third kappa shape index (κ3) is 6.65. The van der Waals surface area contributed by atoms with Crippen molar-refractivity contribution in [1.29, 1.82) is 0 Å². The van der Waals surface area contributed by atoms with Gasteiger partial charge in [-0.1, -0.05) is 12.1 Å². The van der Waals surface area contributed by atoms with E-state index < -0.39 is 23.7 Å². The lowest BCUT2D eigenvalue weighted by Crippen LogP contribution is -2.39. The van der Waals surface area contributed by atoms with Crippen molar-refractivity contribution in [2.45, 2.75) is 45.8 Å². The van der Waals surface area contributed by atoms with Crippen LogP contribution >= 0.6 is 0 Å². The molecule has 1 amide bonds. The largest absolute Gasteiger partial charge is 0.444 e. The Morgan fingerprint density at radius 2 is 1.90 bits per heavy atom. The number of esters is 1. The maximum Gasteiger partial charge on any atom is 0.407 e. The van der Waals surface area contributed by atoms with Gasteiger partial charge < -0.3 is 20.5 Å². The second kappa shape index (κ2) is 6.97. The Morgan fingerprint density at radius 1 is 1.29 bits per heavy atom. The third-order valence-corrected chi connectivity index (χ3v) is 2.38. The van der Waals surface area contributed by atoms with Gasteiger partial charge in [-0.15, -0.1) is 0 Å². The first-order chi connectivity index (χ1) is 9.67. The summed E-state index contributed by atoms with van der Waals surface area (Å²) < 4.78 is 10.2. The molecule has 0 saturated heterocycles. The lowest BCUT2D eigenvalue weighted by atomic mass is 10.2. The van der Waals surface area contributed by atoms with E-state index in [-0.39, 0.29) is 6.42 Å². The van der Waals surface area contributed by atoms with E-state index >= 15 is 0 Å². The number of hydrogen-bond acceptors (Lipinski definition) is 5. The number of rotatable bonds is 4. The van der Waals surface area contributed by atoms with E-state index in [9.17, 15) is 9.59 Å². The van der Waals surface area contributed by atoms with Gasteiger partial charge in [-0.2, -0.15) is 0 Å².